The third kappa shape index (κ3) is 2.73. The Morgan fingerprint density at radius 3 is 2.47 bits per heavy atom. The molecule has 0 fully saturated rings. The molecule has 2 aromatic carbocycles. The van der Waals surface area contributed by atoms with Crippen LogP contribution >= 0.6 is 11.6 Å². The fourth-order valence-electron chi connectivity index (χ4n) is 1.40. The van der Waals surface area contributed by atoms with E-state index < -0.39 is 4.92 Å². The summed E-state index contributed by atoms with van der Waals surface area (Å²) in [6.45, 7) is 0. The predicted octanol–water partition coefficient (Wildman–Crippen LogP) is 3.99. The number of nitrogens with zero attached hydrogens (tertiary/aromatic N) is 1. The van der Waals surface area contributed by atoms with E-state index in [4.69, 9.17) is 11.6 Å². The molecule has 5 heteroatoms. The second-order valence-electron chi connectivity index (χ2n) is 3.41. The van der Waals surface area contributed by atoms with Crippen LogP contribution in [-0.2, 0) is 0 Å². The Labute approximate surface area is 103 Å². The van der Waals surface area contributed by atoms with Crippen LogP contribution in [0.1, 0.15) is 0 Å². The van der Waals surface area contributed by atoms with Crippen molar-refractivity contribution in [3.8, 4) is 0 Å². The number of anilines is 2. The molecular weight excluding hydrogens is 240 g/mol. The second-order valence-corrected chi connectivity index (χ2v) is 3.82. The summed E-state index contributed by atoms with van der Waals surface area (Å²) in [5, 5.41) is 14.1. The molecule has 0 bridgehead atoms. The summed E-state index contributed by atoms with van der Waals surface area (Å²) in [5.74, 6) is 0. The normalized spacial score (nSPS) is 9.94. The van der Waals surface area contributed by atoms with Crippen LogP contribution in [0, 0.1) is 10.1 Å². The third-order valence-electron chi connectivity index (χ3n) is 2.21. The van der Waals surface area contributed by atoms with E-state index in [1.165, 1.54) is 18.2 Å². The maximum Gasteiger partial charge on any atom is 0.271 e. The first-order valence-electron chi connectivity index (χ1n) is 4.93. The first-order chi connectivity index (χ1) is 8.16. The van der Waals surface area contributed by atoms with Crippen molar-refractivity contribution in [2.24, 2.45) is 0 Å². The van der Waals surface area contributed by atoms with Crippen molar-refractivity contribution in [3.05, 3.63) is 63.7 Å². The first-order valence-corrected chi connectivity index (χ1v) is 5.30. The monoisotopic (exact) mass is 248 g/mol. The van der Waals surface area contributed by atoms with E-state index in [1.807, 2.05) is 30.3 Å². The molecule has 0 radical (unpaired) electrons. The van der Waals surface area contributed by atoms with Crippen LogP contribution < -0.4 is 5.32 Å². The van der Waals surface area contributed by atoms with Gasteiger partial charge in [0, 0.05) is 17.8 Å². The molecule has 0 unspecified atom stereocenters. The molecule has 0 saturated heterocycles. The zero-order chi connectivity index (χ0) is 12.3. The lowest BCUT2D eigenvalue weighted by Crippen LogP contribution is -1.93. The SMILES string of the molecule is O=[N+]([O-])c1ccc(Cl)c(Nc2ccccc2)c1. The highest BCUT2D eigenvalue weighted by Crippen LogP contribution is 2.29. The highest BCUT2D eigenvalue weighted by atomic mass is 35.5. The van der Waals surface area contributed by atoms with Crippen LogP contribution in [0.15, 0.2) is 48.5 Å². The van der Waals surface area contributed by atoms with E-state index >= 15 is 0 Å². The fraction of sp³-hybridized carbons (Fsp3) is 0. The summed E-state index contributed by atoms with van der Waals surface area (Å²) in [4.78, 5) is 10.2. The zero-order valence-electron chi connectivity index (χ0n) is 8.76. The Balaban J connectivity index is 2.32. The van der Waals surface area contributed by atoms with Gasteiger partial charge in [0.05, 0.1) is 15.6 Å². The summed E-state index contributed by atoms with van der Waals surface area (Å²) in [6.07, 6.45) is 0. The second kappa shape index (κ2) is 4.84. The summed E-state index contributed by atoms with van der Waals surface area (Å²) in [5.41, 5.74) is 1.36. The number of nitro groups is 1. The number of non-ortho nitro benzene ring substituents is 1. The van der Waals surface area contributed by atoms with Gasteiger partial charge in [0.15, 0.2) is 0 Å². The van der Waals surface area contributed by atoms with Crippen molar-refractivity contribution in [2.45, 2.75) is 0 Å². The molecule has 4 nitrogen and oxygen atoms in total. The lowest BCUT2D eigenvalue weighted by molar-refractivity contribution is -0.384. The quantitative estimate of drug-likeness (QED) is 0.660. The van der Waals surface area contributed by atoms with Gasteiger partial charge in [-0.25, -0.2) is 0 Å². The minimum Gasteiger partial charge on any atom is -0.354 e. The number of nitrogens with one attached hydrogen (secondary N) is 1. The number of rotatable bonds is 3. The lowest BCUT2D eigenvalue weighted by Gasteiger charge is -2.07. The standard InChI is InChI=1S/C12H9ClN2O2/c13-11-7-6-10(15(16)17)8-12(11)14-9-4-2-1-3-5-9/h1-8,14H. The summed E-state index contributed by atoms with van der Waals surface area (Å²) < 4.78 is 0. The lowest BCUT2D eigenvalue weighted by atomic mass is 10.2. The van der Waals surface area contributed by atoms with Gasteiger partial charge in [0.2, 0.25) is 0 Å². The Kier molecular flexibility index (Phi) is 3.25. The molecule has 0 aliphatic heterocycles. The van der Waals surface area contributed by atoms with E-state index in [-0.39, 0.29) is 5.69 Å². The average Bonchev–Trinajstić information content (AvgIpc) is 2.33. The van der Waals surface area contributed by atoms with Crippen LogP contribution in [0.5, 0.6) is 0 Å². The smallest absolute Gasteiger partial charge is 0.271 e. The molecule has 0 amide bonds. The van der Waals surface area contributed by atoms with E-state index in [9.17, 15) is 10.1 Å². The highest BCUT2D eigenvalue weighted by molar-refractivity contribution is 6.33. The number of para-hydroxylation sites is 1. The molecule has 0 aromatic heterocycles. The topological polar surface area (TPSA) is 55.2 Å². The Morgan fingerprint density at radius 2 is 1.82 bits per heavy atom. The van der Waals surface area contributed by atoms with Crippen LogP contribution in [0.2, 0.25) is 5.02 Å². The van der Waals surface area contributed by atoms with Crippen LogP contribution in [0.25, 0.3) is 0 Å². The molecule has 2 aromatic rings. The molecule has 1 N–H and O–H groups in total. The maximum atomic E-state index is 10.7. The highest BCUT2D eigenvalue weighted by Gasteiger charge is 2.09. The Morgan fingerprint density at radius 1 is 1.12 bits per heavy atom. The van der Waals surface area contributed by atoms with Gasteiger partial charge in [0.1, 0.15) is 0 Å². The van der Waals surface area contributed by atoms with Crippen molar-refractivity contribution < 1.29 is 4.92 Å². The number of benzene rings is 2. The van der Waals surface area contributed by atoms with Gasteiger partial charge in [-0.1, -0.05) is 29.8 Å². The molecule has 17 heavy (non-hydrogen) atoms. The summed E-state index contributed by atoms with van der Waals surface area (Å²) in [7, 11) is 0. The number of nitro benzene ring substituents is 1. The van der Waals surface area contributed by atoms with Crippen molar-refractivity contribution in [3.63, 3.8) is 0 Å². The molecule has 0 aliphatic rings. The van der Waals surface area contributed by atoms with Gasteiger partial charge in [-0.3, -0.25) is 10.1 Å². The maximum absolute atomic E-state index is 10.7. The third-order valence-corrected chi connectivity index (χ3v) is 2.54. The zero-order valence-corrected chi connectivity index (χ0v) is 9.52. The molecule has 2 rings (SSSR count). The van der Waals surface area contributed by atoms with Gasteiger partial charge in [-0.2, -0.15) is 0 Å². The van der Waals surface area contributed by atoms with E-state index in [0.717, 1.165) is 5.69 Å². The Bertz CT molecular complexity index is 543. The predicted molar refractivity (Wildman–Crippen MR) is 67.8 cm³/mol. The molecule has 0 saturated carbocycles. The van der Waals surface area contributed by atoms with Gasteiger partial charge in [-0.05, 0) is 18.2 Å². The first kappa shape index (κ1) is 11.4. The van der Waals surface area contributed by atoms with Crippen molar-refractivity contribution in [2.75, 3.05) is 5.32 Å². The van der Waals surface area contributed by atoms with Crippen molar-refractivity contribution >= 4 is 28.7 Å². The van der Waals surface area contributed by atoms with Gasteiger partial charge in [0.25, 0.3) is 5.69 Å². The van der Waals surface area contributed by atoms with Gasteiger partial charge < -0.3 is 5.32 Å². The van der Waals surface area contributed by atoms with E-state index in [2.05, 4.69) is 5.32 Å². The largest absolute Gasteiger partial charge is 0.354 e. The van der Waals surface area contributed by atoms with Crippen LogP contribution in [-0.4, -0.2) is 4.92 Å². The molecule has 0 atom stereocenters. The number of hydrogen-bond donors (Lipinski definition) is 1. The van der Waals surface area contributed by atoms with Gasteiger partial charge in [-0.15, -0.1) is 0 Å². The summed E-state index contributed by atoms with van der Waals surface area (Å²) >= 11 is 5.97. The summed E-state index contributed by atoms with van der Waals surface area (Å²) in [6, 6.07) is 13.6. The number of halogens is 1. The van der Waals surface area contributed by atoms with E-state index in [0.29, 0.717) is 10.7 Å². The molecule has 0 spiro atoms. The minimum atomic E-state index is -0.452. The van der Waals surface area contributed by atoms with Crippen molar-refractivity contribution in [1.82, 2.24) is 0 Å². The minimum absolute atomic E-state index is 0.00725. The fourth-order valence-corrected chi connectivity index (χ4v) is 1.56. The van der Waals surface area contributed by atoms with Crippen molar-refractivity contribution in [1.29, 1.82) is 0 Å². The molecular formula is C12H9ClN2O2. The van der Waals surface area contributed by atoms with Crippen LogP contribution in [0.3, 0.4) is 0 Å². The number of hydrogen-bond acceptors (Lipinski definition) is 3. The van der Waals surface area contributed by atoms with Gasteiger partial charge >= 0.3 is 0 Å². The average molecular weight is 249 g/mol. The van der Waals surface area contributed by atoms with E-state index in [1.54, 1.807) is 0 Å². The van der Waals surface area contributed by atoms with Crippen LogP contribution in [0.4, 0.5) is 17.1 Å². The molecule has 86 valence electrons. The molecule has 0 aliphatic carbocycles. The molecule has 0 heterocycles. The Hall–Kier alpha value is -2.07.